The van der Waals surface area contributed by atoms with Gasteiger partial charge in [0, 0.05) is 18.3 Å². The van der Waals surface area contributed by atoms with Crippen molar-refractivity contribution in [2.24, 2.45) is 5.92 Å². The zero-order chi connectivity index (χ0) is 12.5. The SMILES string of the molecule is CC(Cn1ccc2ccccc21)CS(=O)(=O)O. The van der Waals surface area contributed by atoms with Gasteiger partial charge in [0.1, 0.15) is 0 Å². The van der Waals surface area contributed by atoms with E-state index >= 15 is 0 Å². The average molecular weight is 253 g/mol. The number of fused-ring (bicyclic) bond motifs is 1. The van der Waals surface area contributed by atoms with Crippen LogP contribution >= 0.6 is 0 Å². The molecular formula is C12H15NO3S. The molecule has 1 unspecified atom stereocenters. The molecular weight excluding hydrogens is 238 g/mol. The molecule has 0 aliphatic carbocycles. The minimum absolute atomic E-state index is 0.124. The fourth-order valence-electron chi connectivity index (χ4n) is 2.05. The largest absolute Gasteiger partial charge is 0.347 e. The van der Waals surface area contributed by atoms with E-state index in [4.69, 9.17) is 4.55 Å². The summed E-state index contributed by atoms with van der Waals surface area (Å²) in [6.07, 6.45) is 1.94. The molecule has 1 N–H and O–H groups in total. The highest BCUT2D eigenvalue weighted by Gasteiger charge is 2.13. The van der Waals surface area contributed by atoms with Gasteiger partial charge < -0.3 is 4.57 Å². The van der Waals surface area contributed by atoms with E-state index in [0.29, 0.717) is 6.54 Å². The summed E-state index contributed by atoms with van der Waals surface area (Å²) < 4.78 is 32.4. The van der Waals surface area contributed by atoms with Crippen LogP contribution in [-0.2, 0) is 16.7 Å². The topological polar surface area (TPSA) is 59.3 Å². The van der Waals surface area contributed by atoms with Crippen LogP contribution in [0.25, 0.3) is 10.9 Å². The quantitative estimate of drug-likeness (QED) is 0.849. The summed E-state index contributed by atoms with van der Waals surface area (Å²) in [5, 5.41) is 1.13. The van der Waals surface area contributed by atoms with Crippen LogP contribution in [0.1, 0.15) is 6.92 Å². The van der Waals surface area contributed by atoms with E-state index in [1.165, 1.54) is 0 Å². The molecule has 0 spiro atoms. The maximum atomic E-state index is 10.8. The molecule has 0 amide bonds. The third-order valence-electron chi connectivity index (χ3n) is 2.68. The first-order valence-corrected chi connectivity index (χ1v) is 7.05. The van der Waals surface area contributed by atoms with Crippen LogP contribution in [0.2, 0.25) is 0 Å². The summed E-state index contributed by atoms with van der Waals surface area (Å²) in [4.78, 5) is 0. The van der Waals surface area contributed by atoms with E-state index in [9.17, 15) is 8.42 Å². The van der Waals surface area contributed by atoms with Crippen LogP contribution in [0.5, 0.6) is 0 Å². The summed E-state index contributed by atoms with van der Waals surface area (Å²) in [7, 11) is -3.89. The Morgan fingerprint density at radius 2 is 2.00 bits per heavy atom. The molecule has 1 aromatic carbocycles. The predicted octanol–water partition coefficient (Wildman–Crippen LogP) is 2.17. The molecule has 1 aromatic heterocycles. The van der Waals surface area contributed by atoms with Crippen LogP contribution in [0.4, 0.5) is 0 Å². The molecule has 2 aromatic rings. The fraction of sp³-hybridized carbons (Fsp3) is 0.333. The number of para-hydroxylation sites is 1. The maximum absolute atomic E-state index is 10.8. The van der Waals surface area contributed by atoms with Crippen molar-refractivity contribution in [2.75, 3.05) is 5.75 Å². The van der Waals surface area contributed by atoms with Crippen LogP contribution in [0.15, 0.2) is 36.5 Å². The van der Waals surface area contributed by atoms with Gasteiger partial charge in [-0.2, -0.15) is 8.42 Å². The van der Waals surface area contributed by atoms with Crippen LogP contribution in [0.3, 0.4) is 0 Å². The van der Waals surface area contributed by atoms with E-state index in [1.54, 1.807) is 0 Å². The molecule has 0 radical (unpaired) electrons. The molecule has 1 atom stereocenters. The number of nitrogens with zero attached hydrogens (tertiary/aromatic N) is 1. The molecule has 92 valence electrons. The number of hydrogen-bond acceptors (Lipinski definition) is 2. The average Bonchev–Trinajstić information content (AvgIpc) is 2.59. The van der Waals surface area contributed by atoms with Crippen LogP contribution in [-0.4, -0.2) is 23.3 Å². The smallest absolute Gasteiger partial charge is 0.265 e. The van der Waals surface area contributed by atoms with Gasteiger partial charge in [0.25, 0.3) is 10.1 Å². The highest BCUT2D eigenvalue weighted by molar-refractivity contribution is 7.85. The Labute approximate surface area is 101 Å². The van der Waals surface area contributed by atoms with Gasteiger partial charge in [0.05, 0.1) is 5.75 Å². The standard InChI is InChI=1S/C12H15NO3S/c1-10(9-17(14,15)16)8-13-7-6-11-4-2-3-5-12(11)13/h2-7,10H,8-9H2,1H3,(H,14,15,16). The normalized spacial score (nSPS) is 14.0. The first-order chi connectivity index (χ1) is 7.96. The van der Waals surface area contributed by atoms with Crippen LogP contribution < -0.4 is 0 Å². The Kier molecular flexibility index (Phi) is 3.22. The monoisotopic (exact) mass is 253 g/mol. The van der Waals surface area contributed by atoms with E-state index in [-0.39, 0.29) is 11.7 Å². The Hall–Kier alpha value is -1.33. The van der Waals surface area contributed by atoms with Crippen molar-refractivity contribution in [3.8, 4) is 0 Å². The zero-order valence-corrected chi connectivity index (χ0v) is 10.4. The number of rotatable bonds is 4. The minimum Gasteiger partial charge on any atom is -0.347 e. The van der Waals surface area contributed by atoms with Gasteiger partial charge in [-0.3, -0.25) is 4.55 Å². The summed E-state index contributed by atoms with van der Waals surface area (Å²) in [6.45, 7) is 2.38. The second-order valence-electron chi connectivity index (χ2n) is 4.38. The van der Waals surface area contributed by atoms with Gasteiger partial charge in [0.15, 0.2) is 0 Å². The molecule has 0 bridgehead atoms. The molecule has 0 saturated heterocycles. The highest BCUT2D eigenvalue weighted by atomic mass is 32.2. The van der Waals surface area contributed by atoms with E-state index in [1.807, 2.05) is 48.0 Å². The van der Waals surface area contributed by atoms with Gasteiger partial charge in [-0.1, -0.05) is 25.1 Å². The Morgan fingerprint density at radius 1 is 1.29 bits per heavy atom. The predicted molar refractivity (Wildman–Crippen MR) is 67.5 cm³/mol. The van der Waals surface area contributed by atoms with Crippen molar-refractivity contribution in [3.05, 3.63) is 36.5 Å². The molecule has 0 fully saturated rings. The van der Waals surface area contributed by atoms with Crippen LogP contribution in [0, 0.1) is 5.92 Å². The Balaban J connectivity index is 2.19. The Bertz CT molecular complexity index is 615. The van der Waals surface area contributed by atoms with Gasteiger partial charge in [-0.05, 0) is 23.4 Å². The van der Waals surface area contributed by atoms with E-state index < -0.39 is 10.1 Å². The van der Waals surface area contributed by atoms with Crippen molar-refractivity contribution >= 4 is 21.0 Å². The lowest BCUT2D eigenvalue weighted by atomic mass is 10.2. The van der Waals surface area contributed by atoms with Gasteiger partial charge >= 0.3 is 0 Å². The number of benzene rings is 1. The lowest BCUT2D eigenvalue weighted by molar-refractivity contribution is 0.455. The molecule has 0 aliphatic heterocycles. The lowest BCUT2D eigenvalue weighted by Crippen LogP contribution is -2.17. The lowest BCUT2D eigenvalue weighted by Gasteiger charge is -2.11. The van der Waals surface area contributed by atoms with Crippen molar-refractivity contribution in [1.29, 1.82) is 0 Å². The van der Waals surface area contributed by atoms with Crippen molar-refractivity contribution in [2.45, 2.75) is 13.5 Å². The first kappa shape index (κ1) is 12.1. The maximum Gasteiger partial charge on any atom is 0.265 e. The molecule has 5 heteroatoms. The highest BCUT2D eigenvalue weighted by Crippen LogP contribution is 2.17. The van der Waals surface area contributed by atoms with Gasteiger partial charge in [-0.15, -0.1) is 0 Å². The first-order valence-electron chi connectivity index (χ1n) is 5.45. The second-order valence-corrected chi connectivity index (χ2v) is 5.88. The third kappa shape index (κ3) is 3.08. The molecule has 17 heavy (non-hydrogen) atoms. The molecule has 2 rings (SSSR count). The third-order valence-corrected chi connectivity index (χ3v) is 3.67. The molecule has 1 heterocycles. The van der Waals surface area contributed by atoms with E-state index in [2.05, 4.69) is 0 Å². The number of aromatic nitrogens is 1. The molecule has 4 nitrogen and oxygen atoms in total. The van der Waals surface area contributed by atoms with Crippen molar-refractivity contribution in [3.63, 3.8) is 0 Å². The summed E-state index contributed by atoms with van der Waals surface area (Å²) in [5.74, 6) is -0.333. The second kappa shape index (κ2) is 4.50. The van der Waals surface area contributed by atoms with Crippen molar-refractivity contribution < 1.29 is 13.0 Å². The summed E-state index contributed by atoms with van der Waals surface area (Å²) in [5.41, 5.74) is 1.08. The minimum atomic E-state index is -3.89. The zero-order valence-electron chi connectivity index (χ0n) is 9.57. The van der Waals surface area contributed by atoms with Gasteiger partial charge in [-0.25, -0.2) is 0 Å². The Morgan fingerprint density at radius 3 is 2.71 bits per heavy atom. The molecule has 0 aliphatic rings. The van der Waals surface area contributed by atoms with Crippen molar-refractivity contribution in [1.82, 2.24) is 4.57 Å². The number of hydrogen-bond donors (Lipinski definition) is 1. The molecule has 0 saturated carbocycles. The van der Waals surface area contributed by atoms with Gasteiger partial charge in [0.2, 0.25) is 0 Å². The fourth-order valence-corrected chi connectivity index (χ4v) is 2.87. The summed E-state index contributed by atoms with van der Waals surface area (Å²) in [6, 6.07) is 9.92. The summed E-state index contributed by atoms with van der Waals surface area (Å²) >= 11 is 0. The van der Waals surface area contributed by atoms with E-state index in [0.717, 1.165) is 10.9 Å².